The standard InChI is InChI=1S/C21H23N3O7/c25-18-7-6-17(19(26)23-18)24-13-16-14(3-1-5-15(16)20(24)27)4-2-9-30-11-12-31-10-8-22-21(28)29/h1,3,5,17,22H,6-13H2,(H,28,29)(H,23,25,26). The zero-order valence-corrected chi connectivity index (χ0v) is 16.8. The molecular formula is C21H23N3O7. The van der Waals surface area contributed by atoms with Crippen molar-refractivity contribution < 1.29 is 33.8 Å². The van der Waals surface area contributed by atoms with Crippen LogP contribution in [0.2, 0.25) is 0 Å². The van der Waals surface area contributed by atoms with Crippen molar-refractivity contribution in [1.29, 1.82) is 0 Å². The molecule has 10 heteroatoms. The van der Waals surface area contributed by atoms with Crippen LogP contribution in [0.25, 0.3) is 0 Å². The maximum absolute atomic E-state index is 12.8. The van der Waals surface area contributed by atoms with Gasteiger partial charge in [0, 0.05) is 30.6 Å². The molecule has 0 spiro atoms. The first-order valence-electron chi connectivity index (χ1n) is 9.85. The number of fused-ring (bicyclic) bond motifs is 1. The molecule has 3 rings (SSSR count). The van der Waals surface area contributed by atoms with Crippen molar-refractivity contribution in [2.24, 2.45) is 0 Å². The van der Waals surface area contributed by atoms with Crippen LogP contribution in [0.15, 0.2) is 18.2 Å². The van der Waals surface area contributed by atoms with Crippen molar-refractivity contribution in [3.63, 3.8) is 0 Å². The van der Waals surface area contributed by atoms with Gasteiger partial charge in [-0.25, -0.2) is 4.79 Å². The first-order chi connectivity index (χ1) is 15.0. The first kappa shape index (κ1) is 22.3. The molecule has 2 aliphatic rings. The third kappa shape index (κ3) is 5.81. The lowest BCUT2D eigenvalue weighted by atomic mass is 10.0. The van der Waals surface area contributed by atoms with Gasteiger partial charge in [0.25, 0.3) is 5.91 Å². The largest absolute Gasteiger partial charge is 0.465 e. The summed E-state index contributed by atoms with van der Waals surface area (Å²) in [6.45, 7) is 1.54. The van der Waals surface area contributed by atoms with E-state index < -0.39 is 18.0 Å². The Balaban J connectivity index is 1.49. The number of nitrogens with one attached hydrogen (secondary N) is 2. The number of carbonyl (C=O) groups excluding carboxylic acids is 3. The minimum Gasteiger partial charge on any atom is -0.465 e. The predicted octanol–water partition coefficient (Wildman–Crippen LogP) is 0.0999. The number of piperidine rings is 1. The summed E-state index contributed by atoms with van der Waals surface area (Å²) in [5.41, 5.74) is 1.97. The van der Waals surface area contributed by atoms with Gasteiger partial charge in [-0.3, -0.25) is 19.7 Å². The Bertz CT molecular complexity index is 935. The van der Waals surface area contributed by atoms with Crippen LogP contribution in [-0.2, 0) is 25.6 Å². The Morgan fingerprint density at radius 1 is 1.23 bits per heavy atom. The molecule has 1 atom stereocenters. The molecule has 1 saturated heterocycles. The topological polar surface area (TPSA) is 134 Å². The molecule has 0 aromatic heterocycles. The number of imide groups is 1. The molecule has 3 N–H and O–H groups in total. The molecule has 1 unspecified atom stereocenters. The second kappa shape index (κ2) is 10.6. The molecule has 1 fully saturated rings. The fourth-order valence-electron chi connectivity index (χ4n) is 3.41. The number of carbonyl (C=O) groups is 4. The highest BCUT2D eigenvalue weighted by Gasteiger charge is 2.39. The van der Waals surface area contributed by atoms with Crippen LogP contribution in [0.3, 0.4) is 0 Å². The van der Waals surface area contributed by atoms with Crippen LogP contribution in [0.1, 0.15) is 34.3 Å². The summed E-state index contributed by atoms with van der Waals surface area (Å²) in [7, 11) is 0. The summed E-state index contributed by atoms with van der Waals surface area (Å²) in [6.07, 6.45) is -0.571. The van der Waals surface area contributed by atoms with Crippen LogP contribution in [0.5, 0.6) is 0 Å². The Morgan fingerprint density at radius 2 is 2.03 bits per heavy atom. The second-order valence-electron chi connectivity index (χ2n) is 6.93. The van der Waals surface area contributed by atoms with Crippen LogP contribution in [-0.4, -0.2) is 72.8 Å². The highest BCUT2D eigenvalue weighted by Crippen LogP contribution is 2.29. The van der Waals surface area contributed by atoms with E-state index >= 15 is 0 Å². The number of rotatable bonds is 8. The number of hydrogen-bond donors (Lipinski definition) is 3. The van der Waals surface area contributed by atoms with E-state index in [0.717, 1.165) is 5.56 Å². The number of amides is 4. The maximum atomic E-state index is 12.8. The first-order valence-corrected chi connectivity index (χ1v) is 9.85. The molecule has 4 amide bonds. The van der Waals surface area contributed by atoms with Gasteiger partial charge in [-0.15, -0.1) is 0 Å². The average Bonchev–Trinajstić information content (AvgIpc) is 3.06. The summed E-state index contributed by atoms with van der Waals surface area (Å²) in [5.74, 6) is 4.90. The third-order valence-corrected chi connectivity index (χ3v) is 4.87. The molecule has 0 radical (unpaired) electrons. The maximum Gasteiger partial charge on any atom is 0.404 e. The van der Waals surface area contributed by atoms with Gasteiger partial charge in [-0.2, -0.15) is 0 Å². The van der Waals surface area contributed by atoms with Crippen molar-refractivity contribution in [3.05, 3.63) is 34.9 Å². The fraction of sp³-hybridized carbons (Fsp3) is 0.429. The van der Waals surface area contributed by atoms with E-state index in [4.69, 9.17) is 14.6 Å². The molecule has 1 aromatic carbocycles. The van der Waals surface area contributed by atoms with Crippen LogP contribution in [0.4, 0.5) is 4.79 Å². The molecule has 0 saturated carbocycles. The van der Waals surface area contributed by atoms with Crippen LogP contribution in [0, 0.1) is 11.8 Å². The van der Waals surface area contributed by atoms with Crippen molar-refractivity contribution in [2.45, 2.75) is 25.4 Å². The van der Waals surface area contributed by atoms with E-state index in [1.165, 1.54) is 4.90 Å². The van der Waals surface area contributed by atoms with Gasteiger partial charge >= 0.3 is 6.09 Å². The lowest BCUT2D eigenvalue weighted by Gasteiger charge is -2.29. The van der Waals surface area contributed by atoms with Gasteiger partial charge in [-0.1, -0.05) is 17.9 Å². The number of ether oxygens (including phenoxy) is 2. The highest BCUT2D eigenvalue weighted by molar-refractivity contribution is 6.05. The Morgan fingerprint density at radius 3 is 2.81 bits per heavy atom. The quantitative estimate of drug-likeness (QED) is 0.303. The van der Waals surface area contributed by atoms with Crippen molar-refractivity contribution in [2.75, 3.05) is 33.0 Å². The van der Waals surface area contributed by atoms with Crippen molar-refractivity contribution in [1.82, 2.24) is 15.5 Å². The summed E-state index contributed by atoms with van der Waals surface area (Å²) in [4.78, 5) is 48.1. The zero-order chi connectivity index (χ0) is 22.2. The molecular weight excluding hydrogens is 406 g/mol. The number of hydrogen-bond acceptors (Lipinski definition) is 6. The Kier molecular flexibility index (Phi) is 7.59. The van der Waals surface area contributed by atoms with E-state index in [-0.39, 0.29) is 44.5 Å². The molecule has 0 bridgehead atoms. The molecule has 2 heterocycles. The van der Waals surface area contributed by atoms with Gasteiger partial charge in [-0.05, 0) is 24.1 Å². The van der Waals surface area contributed by atoms with Gasteiger partial charge in [0.1, 0.15) is 12.6 Å². The molecule has 0 aliphatic carbocycles. The highest BCUT2D eigenvalue weighted by atomic mass is 16.5. The fourth-order valence-corrected chi connectivity index (χ4v) is 3.41. The minimum absolute atomic E-state index is 0.172. The van der Waals surface area contributed by atoms with E-state index in [0.29, 0.717) is 30.8 Å². The summed E-state index contributed by atoms with van der Waals surface area (Å²) in [6, 6.07) is 4.61. The summed E-state index contributed by atoms with van der Waals surface area (Å²) >= 11 is 0. The van der Waals surface area contributed by atoms with Gasteiger partial charge in [0.2, 0.25) is 11.8 Å². The SMILES string of the molecule is O=C(O)NCCOCCOCC#Cc1cccc2c1CN(C1CCC(=O)NC1=O)C2=O. The normalized spacial score (nSPS) is 17.6. The summed E-state index contributed by atoms with van der Waals surface area (Å²) in [5, 5.41) is 12.9. The lowest BCUT2D eigenvalue weighted by molar-refractivity contribution is -0.136. The molecule has 2 aliphatic heterocycles. The molecule has 10 nitrogen and oxygen atoms in total. The van der Waals surface area contributed by atoms with Gasteiger partial charge in [0.05, 0.1) is 19.8 Å². The number of nitrogens with zero attached hydrogens (tertiary/aromatic N) is 1. The minimum atomic E-state index is -1.09. The Labute approximate surface area is 178 Å². The van der Waals surface area contributed by atoms with E-state index in [1.807, 2.05) is 6.07 Å². The van der Waals surface area contributed by atoms with Gasteiger partial charge in [0.15, 0.2) is 0 Å². The second-order valence-corrected chi connectivity index (χ2v) is 6.93. The Hall–Kier alpha value is -3.42. The summed E-state index contributed by atoms with van der Waals surface area (Å²) < 4.78 is 10.6. The smallest absolute Gasteiger partial charge is 0.404 e. The van der Waals surface area contributed by atoms with E-state index in [2.05, 4.69) is 22.5 Å². The molecule has 31 heavy (non-hydrogen) atoms. The molecule has 164 valence electrons. The van der Waals surface area contributed by atoms with E-state index in [9.17, 15) is 19.2 Å². The van der Waals surface area contributed by atoms with Crippen LogP contribution >= 0.6 is 0 Å². The zero-order valence-electron chi connectivity index (χ0n) is 16.8. The lowest BCUT2D eigenvalue weighted by Crippen LogP contribution is -2.52. The van der Waals surface area contributed by atoms with E-state index in [1.54, 1.807) is 12.1 Å². The van der Waals surface area contributed by atoms with Crippen molar-refractivity contribution >= 4 is 23.8 Å². The van der Waals surface area contributed by atoms with Gasteiger partial charge < -0.3 is 24.8 Å². The van der Waals surface area contributed by atoms with Crippen LogP contribution < -0.4 is 10.6 Å². The number of carboxylic acid groups (broad SMARTS) is 1. The predicted molar refractivity (Wildman–Crippen MR) is 107 cm³/mol. The average molecular weight is 429 g/mol. The monoisotopic (exact) mass is 429 g/mol. The third-order valence-electron chi connectivity index (χ3n) is 4.87. The van der Waals surface area contributed by atoms with Crippen molar-refractivity contribution in [3.8, 4) is 11.8 Å². The number of benzene rings is 1. The molecule has 1 aromatic rings.